The minimum Gasteiger partial charge on any atom is -0.334 e. The Hall–Kier alpha value is -2.33. The smallest absolute Gasteiger partial charge is 0.322 e. The van der Waals surface area contributed by atoms with Gasteiger partial charge in [0.25, 0.3) is 0 Å². The van der Waals surface area contributed by atoms with Crippen LogP contribution in [0.4, 0.5) is 10.5 Å². The van der Waals surface area contributed by atoms with Gasteiger partial charge in [-0.15, -0.1) is 0 Å². The van der Waals surface area contributed by atoms with Crippen LogP contribution in [0, 0.1) is 0 Å². The number of nitrogens with one attached hydrogen (secondary N) is 1. The fourth-order valence-electron chi connectivity index (χ4n) is 2.07. The van der Waals surface area contributed by atoms with Crippen LogP contribution < -0.4 is 16.0 Å². The second kappa shape index (κ2) is 8.07. The highest BCUT2D eigenvalue weighted by atomic mass is 16.2. The van der Waals surface area contributed by atoms with Crippen LogP contribution in [-0.2, 0) is 6.54 Å². The Morgan fingerprint density at radius 2 is 1.62 bits per heavy atom. The lowest BCUT2D eigenvalue weighted by Crippen LogP contribution is -2.40. The Bertz CT molecular complexity index is 542. The summed E-state index contributed by atoms with van der Waals surface area (Å²) in [6, 6.07) is 19.4. The fraction of sp³-hybridized carbons (Fsp3) is 0.235. The largest absolute Gasteiger partial charge is 0.334 e. The average Bonchev–Trinajstić information content (AvgIpc) is 2.55. The monoisotopic (exact) mass is 283 g/mol. The summed E-state index contributed by atoms with van der Waals surface area (Å²) in [6.45, 7) is 1.70. The summed E-state index contributed by atoms with van der Waals surface area (Å²) in [6.07, 6.45) is 0.771. The molecule has 0 spiro atoms. The Labute approximate surface area is 125 Å². The zero-order valence-electron chi connectivity index (χ0n) is 12.0. The number of hydrogen-bond donors (Lipinski definition) is 2. The van der Waals surface area contributed by atoms with E-state index in [4.69, 9.17) is 5.73 Å². The van der Waals surface area contributed by atoms with Crippen LogP contribution in [0.3, 0.4) is 0 Å². The van der Waals surface area contributed by atoms with Crippen molar-refractivity contribution in [2.75, 3.05) is 18.0 Å². The zero-order valence-corrected chi connectivity index (χ0v) is 12.0. The molecule has 2 aromatic rings. The molecule has 0 aromatic heterocycles. The second-order valence-electron chi connectivity index (χ2n) is 4.77. The Morgan fingerprint density at radius 3 is 2.24 bits per heavy atom. The normalized spacial score (nSPS) is 10.1. The van der Waals surface area contributed by atoms with Crippen LogP contribution in [0.5, 0.6) is 0 Å². The highest BCUT2D eigenvalue weighted by molar-refractivity contribution is 5.91. The molecule has 110 valence electrons. The summed E-state index contributed by atoms with van der Waals surface area (Å²) in [5.74, 6) is 0. The van der Waals surface area contributed by atoms with E-state index in [1.807, 2.05) is 60.7 Å². The fourth-order valence-corrected chi connectivity index (χ4v) is 2.07. The first-order valence-corrected chi connectivity index (χ1v) is 7.15. The number of carbonyl (C=O) groups excluding carboxylic acids is 1. The molecule has 0 heterocycles. The van der Waals surface area contributed by atoms with Gasteiger partial charge in [-0.25, -0.2) is 4.79 Å². The Kier molecular flexibility index (Phi) is 5.79. The molecule has 0 unspecified atom stereocenters. The van der Waals surface area contributed by atoms with Gasteiger partial charge in [-0.1, -0.05) is 48.5 Å². The Morgan fingerprint density at radius 1 is 1.00 bits per heavy atom. The molecule has 0 aliphatic heterocycles. The standard InChI is InChI=1S/C17H21N3O/c18-12-7-13-20(16-10-5-2-6-11-16)17(21)19-14-15-8-3-1-4-9-15/h1-6,8-11H,7,12-14,18H2,(H,19,21). The van der Waals surface area contributed by atoms with Crippen molar-refractivity contribution in [3.63, 3.8) is 0 Å². The average molecular weight is 283 g/mol. The summed E-state index contributed by atoms with van der Waals surface area (Å²) < 4.78 is 0. The first kappa shape index (κ1) is 15.1. The minimum absolute atomic E-state index is 0.0986. The van der Waals surface area contributed by atoms with E-state index >= 15 is 0 Å². The lowest BCUT2D eigenvalue weighted by molar-refractivity contribution is 0.246. The SMILES string of the molecule is NCCCN(C(=O)NCc1ccccc1)c1ccccc1. The number of carbonyl (C=O) groups is 1. The number of amides is 2. The lowest BCUT2D eigenvalue weighted by Gasteiger charge is -2.23. The van der Waals surface area contributed by atoms with E-state index in [0.717, 1.165) is 17.7 Å². The van der Waals surface area contributed by atoms with E-state index in [0.29, 0.717) is 19.6 Å². The maximum Gasteiger partial charge on any atom is 0.322 e. The topological polar surface area (TPSA) is 58.4 Å². The second-order valence-corrected chi connectivity index (χ2v) is 4.77. The van der Waals surface area contributed by atoms with Crippen LogP contribution in [-0.4, -0.2) is 19.1 Å². The van der Waals surface area contributed by atoms with Crippen LogP contribution >= 0.6 is 0 Å². The highest BCUT2D eigenvalue weighted by Crippen LogP contribution is 2.14. The van der Waals surface area contributed by atoms with E-state index in [1.54, 1.807) is 4.90 Å². The third-order valence-electron chi connectivity index (χ3n) is 3.19. The predicted octanol–water partition coefficient (Wildman–Crippen LogP) is 2.75. The molecule has 0 aliphatic carbocycles. The molecule has 21 heavy (non-hydrogen) atoms. The van der Waals surface area contributed by atoms with Gasteiger partial charge < -0.3 is 11.1 Å². The number of hydrogen-bond acceptors (Lipinski definition) is 2. The molecule has 2 rings (SSSR count). The van der Waals surface area contributed by atoms with E-state index in [1.165, 1.54) is 0 Å². The van der Waals surface area contributed by atoms with Gasteiger partial charge in [0.15, 0.2) is 0 Å². The maximum atomic E-state index is 12.4. The zero-order chi connectivity index (χ0) is 14.9. The molecular formula is C17H21N3O. The van der Waals surface area contributed by atoms with Crippen molar-refractivity contribution in [3.05, 3.63) is 66.2 Å². The van der Waals surface area contributed by atoms with Gasteiger partial charge >= 0.3 is 6.03 Å². The van der Waals surface area contributed by atoms with Crippen LogP contribution in [0.25, 0.3) is 0 Å². The number of para-hydroxylation sites is 1. The van der Waals surface area contributed by atoms with Crippen LogP contribution in [0.2, 0.25) is 0 Å². The molecule has 0 radical (unpaired) electrons. The van der Waals surface area contributed by atoms with Crippen molar-refractivity contribution >= 4 is 11.7 Å². The van der Waals surface area contributed by atoms with Gasteiger partial charge in [0, 0.05) is 18.8 Å². The van der Waals surface area contributed by atoms with Crippen LogP contribution in [0.1, 0.15) is 12.0 Å². The number of anilines is 1. The first-order valence-electron chi connectivity index (χ1n) is 7.15. The summed E-state index contributed by atoms with van der Waals surface area (Å²) in [7, 11) is 0. The quantitative estimate of drug-likeness (QED) is 0.856. The van der Waals surface area contributed by atoms with Crippen molar-refractivity contribution in [1.29, 1.82) is 0 Å². The van der Waals surface area contributed by atoms with E-state index in [9.17, 15) is 4.79 Å². The van der Waals surface area contributed by atoms with Gasteiger partial charge in [0.2, 0.25) is 0 Å². The third-order valence-corrected chi connectivity index (χ3v) is 3.19. The molecule has 0 atom stereocenters. The molecule has 4 heteroatoms. The van der Waals surface area contributed by atoms with Gasteiger partial charge in [-0.2, -0.15) is 0 Å². The molecule has 3 N–H and O–H groups in total. The maximum absolute atomic E-state index is 12.4. The molecule has 4 nitrogen and oxygen atoms in total. The van der Waals surface area contributed by atoms with Crippen molar-refractivity contribution in [1.82, 2.24) is 5.32 Å². The number of rotatable bonds is 6. The molecule has 0 saturated heterocycles. The molecule has 2 amide bonds. The number of urea groups is 1. The van der Waals surface area contributed by atoms with Crippen molar-refractivity contribution < 1.29 is 4.79 Å². The predicted molar refractivity (Wildman–Crippen MR) is 86.1 cm³/mol. The third kappa shape index (κ3) is 4.61. The van der Waals surface area contributed by atoms with E-state index in [2.05, 4.69) is 5.32 Å². The first-order chi connectivity index (χ1) is 10.3. The molecule has 0 fully saturated rings. The minimum atomic E-state index is -0.0986. The molecular weight excluding hydrogens is 262 g/mol. The number of nitrogens with two attached hydrogens (primary N) is 1. The summed E-state index contributed by atoms with van der Waals surface area (Å²) >= 11 is 0. The van der Waals surface area contributed by atoms with Gasteiger partial charge in [-0.05, 0) is 30.7 Å². The molecule has 0 saturated carbocycles. The van der Waals surface area contributed by atoms with E-state index in [-0.39, 0.29) is 6.03 Å². The van der Waals surface area contributed by atoms with Crippen molar-refractivity contribution in [3.8, 4) is 0 Å². The summed E-state index contributed by atoms with van der Waals surface area (Å²) in [5, 5.41) is 2.95. The van der Waals surface area contributed by atoms with E-state index < -0.39 is 0 Å². The summed E-state index contributed by atoms with van der Waals surface area (Å²) in [5.41, 5.74) is 7.53. The van der Waals surface area contributed by atoms with Crippen LogP contribution in [0.15, 0.2) is 60.7 Å². The lowest BCUT2D eigenvalue weighted by atomic mass is 10.2. The number of nitrogens with zero attached hydrogens (tertiary/aromatic N) is 1. The van der Waals surface area contributed by atoms with Gasteiger partial charge in [-0.3, -0.25) is 4.90 Å². The highest BCUT2D eigenvalue weighted by Gasteiger charge is 2.14. The van der Waals surface area contributed by atoms with Gasteiger partial charge in [0.05, 0.1) is 0 Å². The molecule has 2 aromatic carbocycles. The van der Waals surface area contributed by atoms with Crippen molar-refractivity contribution in [2.45, 2.75) is 13.0 Å². The molecule has 0 aliphatic rings. The molecule has 0 bridgehead atoms. The van der Waals surface area contributed by atoms with Crippen molar-refractivity contribution in [2.24, 2.45) is 5.73 Å². The Balaban J connectivity index is 2.01. The number of benzene rings is 2. The summed E-state index contributed by atoms with van der Waals surface area (Å²) in [4.78, 5) is 14.1. The van der Waals surface area contributed by atoms with Gasteiger partial charge in [0.1, 0.15) is 0 Å².